The van der Waals surface area contributed by atoms with Crippen LogP contribution in [-0.4, -0.2) is 36.1 Å². The minimum Gasteiger partial charge on any atom is -0.310 e. The molecule has 1 spiro atoms. The molecule has 0 aromatic heterocycles. The Kier molecular flexibility index (Phi) is 4.08. The topological polar surface area (TPSA) is 15.3 Å². The molecule has 1 N–H and O–H groups in total. The first-order chi connectivity index (χ1) is 8.33. The molecule has 106 valence electrons. The first kappa shape index (κ1) is 14.3. The van der Waals surface area contributed by atoms with Crippen LogP contribution >= 0.6 is 0 Å². The second kappa shape index (κ2) is 5.13. The second-order valence-corrected chi connectivity index (χ2v) is 8.03. The third-order valence-electron chi connectivity index (χ3n) is 4.92. The van der Waals surface area contributed by atoms with Crippen molar-refractivity contribution in [2.75, 3.05) is 19.6 Å². The van der Waals surface area contributed by atoms with Crippen LogP contribution in [0.1, 0.15) is 60.3 Å². The molecule has 1 saturated heterocycles. The summed E-state index contributed by atoms with van der Waals surface area (Å²) in [5.74, 6) is 0.779. The van der Waals surface area contributed by atoms with Crippen LogP contribution in [0.25, 0.3) is 0 Å². The van der Waals surface area contributed by atoms with Crippen molar-refractivity contribution < 1.29 is 0 Å². The zero-order valence-electron chi connectivity index (χ0n) is 13.1. The van der Waals surface area contributed by atoms with Gasteiger partial charge in [0.05, 0.1) is 0 Å². The Balaban J connectivity index is 2.10. The van der Waals surface area contributed by atoms with E-state index in [-0.39, 0.29) is 0 Å². The summed E-state index contributed by atoms with van der Waals surface area (Å²) in [6.07, 6.45) is 5.67. The van der Waals surface area contributed by atoms with Crippen molar-refractivity contribution in [3.8, 4) is 0 Å². The Morgan fingerprint density at radius 1 is 1.22 bits per heavy atom. The van der Waals surface area contributed by atoms with Crippen LogP contribution in [0.3, 0.4) is 0 Å². The lowest BCUT2D eigenvalue weighted by atomic mass is 9.81. The summed E-state index contributed by atoms with van der Waals surface area (Å²) in [6, 6.07) is 0.641. The molecule has 18 heavy (non-hydrogen) atoms. The van der Waals surface area contributed by atoms with E-state index in [1.54, 1.807) is 0 Å². The molecule has 1 atom stereocenters. The molecule has 2 nitrogen and oxygen atoms in total. The summed E-state index contributed by atoms with van der Waals surface area (Å²) in [6.45, 7) is 15.5. The molecule has 0 aromatic rings. The standard InChI is InChI=1S/C16H32N2/c1-13(2)10-18-11-14(15(3,4)5)17-12-16(18)8-6-7-9-16/h13-14,17H,6-12H2,1-5H3. The van der Waals surface area contributed by atoms with Gasteiger partial charge in [-0.3, -0.25) is 4.90 Å². The Morgan fingerprint density at radius 2 is 1.83 bits per heavy atom. The zero-order chi connectivity index (χ0) is 13.4. The third-order valence-corrected chi connectivity index (χ3v) is 4.92. The van der Waals surface area contributed by atoms with Gasteiger partial charge >= 0.3 is 0 Å². The van der Waals surface area contributed by atoms with E-state index in [9.17, 15) is 0 Å². The predicted octanol–water partition coefficient (Wildman–Crippen LogP) is 3.28. The van der Waals surface area contributed by atoms with Gasteiger partial charge in [0.2, 0.25) is 0 Å². The lowest BCUT2D eigenvalue weighted by Crippen LogP contribution is -2.66. The molecule has 0 bridgehead atoms. The molecule has 1 saturated carbocycles. The summed E-state index contributed by atoms with van der Waals surface area (Å²) < 4.78 is 0. The number of hydrogen-bond acceptors (Lipinski definition) is 2. The van der Waals surface area contributed by atoms with Crippen molar-refractivity contribution in [3.63, 3.8) is 0 Å². The zero-order valence-corrected chi connectivity index (χ0v) is 13.1. The highest BCUT2D eigenvalue weighted by Crippen LogP contribution is 2.39. The van der Waals surface area contributed by atoms with Crippen molar-refractivity contribution in [3.05, 3.63) is 0 Å². The maximum atomic E-state index is 3.85. The predicted molar refractivity (Wildman–Crippen MR) is 78.9 cm³/mol. The van der Waals surface area contributed by atoms with Gasteiger partial charge in [-0.2, -0.15) is 0 Å². The highest BCUT2D eigenvalue weighted by Gasteiger charge is 2.45. The minimum absolute atomic E-state index is 0.370. The largest absolute Gasteiger partial charge is 0.310 e. The summed E-state index contributed by atoms with van der Waals surface area (Å²) >= 11 is 0. The molecule has 1 heterocycles. The SMILES string of the molecule is CC(C)CN1CC(C(C)(C)C)NCC12CCCC2. The van der Waals surface area contributed by atoms with Gasteiger partial charge in [-0.15, -0.1) is 0 Å². The molecular formula is C16H32N2. The lowest BCUT2D eigenvalue weighted by Gasteiger charge is -2.52. The highest BCUT2D eigenvalue weighted by molar-refractivity contribution is 5.03. The average molecular weight is 252 g/mol. The first-order valence-electron chi connectivity index (χ1n) is 7.82. The maximum absolute atomic E-state index is 3.85. The fourth-order valence-corrected chi connectivity index (χ4v) is 3.72. The van der Waals surface area contributed by atoms with Gasteiger partial charge in [0, 0.05) is 31.2 Å². The van der Waals surface area contributed by atoms with Crippen molar-refractivity contribution in [2.24, 2.45) is 11.3 Å². The van der Waals surface area contributed by atoms with Crippen LogP contribution in [0.5, 0.6) is 0 Å². The summed E-state index contributed by atoms with van der Waals surface area (Å²) in [7, 11) is 0. The maximum Gasteiger partial charge on any atom is 0.0334 e. The molecular weight excluding hydrogens is 220 g/mol. The van der Waals surface area contributed by atoms with Gasteiger partial charge in [0.25, 0.3) is 0 Å². The number of piperazine rings is 1. The Morgan fingerprint density at radius 3 is 2.33 bits per heavy atom. The van der Waals surface area contributed by atoms with Gasteiger partial charge in [0.1, 0.15) is 0 Å². The van der Waals surface area contributed by atoms with Crippen molar-refractivity contribution >= 4 is 0 Å². The van der Waals surface area contributed by atoms with Gasteiger partial charge in [-0.25, -0.2) is 0 Å². The Labute approximate surface area is 114 Å². The van der Waals surface area contributed by atoms with Crippen LogP contribution < -0.4 is 5.32 Å². The first-order valence-corrected chi connectivity index (χ1v) is 7.82. The van der Waals surface area contributed by atoms with E-state index in [0.717, 1.165) is 5.92 Å². The van der Waals surface area contributed by atoms with Crippen LogP contribution in [0.2, 0.25) is 0 Å². The summed E-state index contributed by atoms with van der Waals surface area (Å²) in [5, 5.41) is 3.85. The van der Waals surface area contributed by atoms with E-state index >= 15 is 0 Å². The normalized spacial score (nSPS) is 29.3. The summed E-state index contributed by atoms with van der Waals surface area (Å²) in [4.78, 5) is 2.83. The molecule has 0 amide bonds. The molecule has 0 aromatic carbocycles. The fourth-order valence-electron chi connectivity index (χ4n) is 3.72. The molecule has 1 aliphatic carbocycles. The number of nitrogens with zero attached hydrogens (tertiary/aromatic N) is 1. The monoisotopic (exact) mass is 252 g/mol. The fraction of sp³-hybridized carbons (Fsp3) is 1.00. The van der Waals surface area contributed by atoms with E-state index in [1.807, 2.05) is 0 Å². The lowest BCUT2D eigenvalue weighted by molar-refractivity contribution is 0.00915. The van der Waals surface area contributed by atoms with Crippen molar-refractivity contribution in [1.29, 1.82) is 0 Å². The van der Waals surface area contributed by atoms with Crippen molar-refractivity contribution in [1.82, 2.24) is 10.2 Å². The van der Waals surface area contributed by atoms with E-state index in [1.165, 1.54) is 45.3 Å². The molecule has 2 aliphatic rings. The molecule has 2 fully saturated rings. The highest BCUT2D eigenvalue weighted by atomic mass is 15.3. The molecule has 1 aliphatic heterocycles. The molecule has 2 heteroatoms. The van der Waals surface area contributed by atoms with Crippen LogP contribution in [-0.2, 0) is 0 Å². The van der Waals surface area contributed by atoms with Crippen LogP contribution in [0.4, 0.5) is 0 Å². The Bertz CT molecular complexity index is 271. The Hall–Kier alpha value is -0.0800. The molecule has 0 radical (unpaired) electrons. The molecule has 1 unspecified atom stereocenters. The second-order valence-electron chi connectivity index (χ2n) is 8.03. The van der Waals surface area contributed by atoms with E-state index in [0.29, 0.717) is 17.0 Å². The van der Waals surface area contributed by atoms with Crippen LogP contribution in [0, 0.1) is 11.3 Å². The van der Waals surface area contributed by atoms with Gasteiger partial charge in [-0.05, 0) is 24.2 Å². The quantitative estimate of drug-likeness (QED) is 0.811. The van der Waals surface area contributed by atoms with E-state index in [4.69, 9.17) is 0 Å². The number of hydrogen-bond donors (Lipinski definition) is 1. The minimum atomic E-state index is 0.370. The van der Waals surface area contributed by atoms with E-state index < -0.39 is 0 Å². The van der Waals surface area contributed by atoms with Crippen molar-refractivity contribution in [2.45, 2.75) is 71.9 Å². The smallest absolute Gasteiger partial charge is 0.0334 e. The number of nitrogens with one attached hydrogen (secondary N) is 1. The molecule has 2 rings (SSSR count). The van der Waals surface area contributed by atoms with Crippen LogP contribution in [0.15, 0.2) is 0 Å². The van der Waals surface area contributed by atoms with Gasteiger partial charge in [-0.1, -0.05) is 47.5 Å². The van der Waals surface area contributed by atoms with Gasteiger partial charge in [0.15, 0.2) is 0 Å². The van der Waals surface area contributed by atoms with E-state index in [2.05, 4.69) is 44.8 Å². The average Bonchev–Trinajstić information content (AvgIpc) is 2.69. The number of rotatable bonds is 2. The summed E-state index contributed by atoms with van der Waals surface area (Å²) in [5.41, 5.74) is 0.863. The van der Waals surface area contributed by atoms with Gasteiger partial charge < -0.3 is 5.32 Å². The third kappa shape index (κ3) is 2.91.